The van der Waals surface area contributed by atoms with E-state index in [4.69, 9.17) is 0 Å². The summed E-state index contributed by atoms with van der Waals surface area (Å²) in [6.45, 7) is 1.83. The average molecular weight is 370 g/mol. The molecular formula is C15H26N6O5. The van der Waals surface area contributed by atoms with Crippen molar-refractivity contribution < 1.29 is 24.0 Å². The molecule has 0 atom stereocenters. The minimum atomic E-state index is -0.329. The second kappa shape index (κ2) is 11.8. The van der Waals surface area contributed by atoms with Crippen LogP contribution in [-0.4, -0.2) is 111 Å². The fraction of sp³-hybridized carbons (Fsp3) is 0.667. The van der Waals surface area contributed by atoms with Gasteiger partial charge in [0, 0.05) is 39.3 Å². The van der Waals surface area contributed by atoms with Gasteiger partial charge < -0.3 is 30.7 Å². The maximum Gasteiger partial charge on any atom is 0.242 e. The summed E-state index contributed by atoms with van der Waals surface area (Å²) in [4.78, 5) is 61.3. The van der Waals surface area contributed by atoms with Crippen LogP contribution in [0.5, 0.6) is 0 Å². The van der Waals surface area contributed by atoms with Gasteiger partial charge in [0.2, 0.25) is 30.5 Å². The fourth-order valence-corrected chi connectivity index (χ4v) is 2.35. The van der Waals surface area contributed by atoms with E-state index in [0.29, 0.717) is 39.0 Å². The molecule has 1 rings (SSSR count). The average Bonchev–Trinajstić information content (AvgIpc) is 2.63. The molecule has 1 aliphatic rings. The van der Waals surface area contributed by atoms with Gasteiger partial charge in [-0.2, -0.15) is 0 Å². The Bertz CT molecular complexity index is 515. The Morgan fingerprint density at radius 1 is 1.19 bits per heavy atom. The molecule has 0 spiro atoms. The molecule has 0 aliphatic carbocycles. The number of piperazine rings is 1. The number of rotatable bonds is 12. The Labute approximate surface area is 152 Å². The van der Waals surface area contributed by atoms with Crippen molar-refractivity contribution in [3.05, 3.63) is 0 Å². The van der Waals surface area contributed by atoms with Crippen LogP contribution in [0.3, 0.4) is 0 Å². The van der Waals surface area contributed by atoms with Gasteiger partial charge in [0.05, 0.1) is 19.6 Å². The van der Waals surface area contributed by atoms with Crippen LogP contribution < -0.4 is 16.0 Å². The third-order valence-electron chi connectivity index (χ3n) is 3.82. The van der Waals surface area contributed by atoms with Crippen LogP contribution in [0, 0.1) is 0 Å². The van der Waals surface area contributed by atoms with E-state index in [-0.39, 0.29) is 50.4 Å². The summed E-state index contributed by atoms with van der Waals surface area (Å²) in [7, 11) is 1.75. The van der Waals surface area contributed by atoms with Crippen LogP contribution in [0.4, 0.5) is 0 Å². The molecular weight excluding hydrogens is 344 g/mol. The minimum absolute atomic E-state index is 0.0807. The second-order valence-corrected chi connectivity index (χ2v) is 5.73. The van der Waals surface area contributed by atoms with Crippen LogP contribution in [0.2, 0.25) is 0 Å². The Hall–Kier alpha value is -2.69. The molecule has 0 unspecified atom stereocenters. The first-order valence-corrected chi connectivity index (χ1v) is 8.35. The van der Waals surface area contributed by atoms with Crippen molar-refractivity contribution in [2.45, 2.75) is 0 Å². The SMILES string of the molecule is CNCCN(C=O)CC(=O)N1CCN(CC(=O)NCCNC=O)C(=O)C1. The standard InChI is InChI=1S/C15H26N6O5/c1-16-4-5-19(12-23)9-14(25)21-7-6-20(15(26)10-21)8-13(24)18-3-2-17-11-22/h11-12,16H,2-10H2,1H3,(H,17,22)(H,18,24). The molecule has 0 saturated carbocycles. The number of carbonyl (C=O) groups excluding carboxylic acids is 5. The number of hydrogen-bond acceptors (Lipinski definition) is 6. The molecule has 1 fully saturated rings. The lowest BCUT2D eigenvalue weighted by Gasteiger charge is -2.34. The van der Waals surface area contributed by atoms with Gasteiger partial charge in [-0.15, -0.1) is 0 Å². The Morgan fingerprint density at radius 3 is 2.58 bits per heavy atom. The van der Waals surface area contributed by atoms with Crippen molar-refractivity contribution in [2.24, 2.45) is 0 Å². The molecule has 0 aromatic heterocycles. The maximum absolute atomic E-state index is 12.2. The number of carbonyl (C=O) groups is 5. The molecule has 146 valence electrons. The summed E-state index contributed by atoms with van der Waals surface area (Å²) >= 11 is 0. The summed E-state index contributed by atoms with van der Waals surface area (Å²) < 4.78 is 0. The quantitative estimate of drug-likeness (QED) is 0.238. The molecule has 1 saturated heterocycles. The van der Waals surface area contributed by atoms with Crippen molar-refractivity contribution in [1.29, 1.82) is 0 Å². The summed E-state index contributed by atoms with van der Waals surface area (Å²) in [6.07, 6.45) is 1.15. The molecule has 5 amide bonds. The van der Waals surface area contributed by atoms with E-state index < -0.39 is 0 Å². The molecule has 1 aliphatic heterocycles. The van der Waals surface area contributed by atoms with E-state index in [1.165, 1.54) is 14.7 Å². The molecule has 0 aromatic carbocycles. The van der Waals surface area contributed by atoms with Crippen LogP contribution >= 0.6 is 0 Å². The first-order valence-electron chi connectivity index (χ1n) is 8.35. The number of hydrogen-bond donors (Lipinski definition) is 3. The molecule has 0 aromatic rings. The van der Waals surface area contributed by atoms with E-state index in [1.54, 1.807) is 7.05 Å². The first kappa shape index (κ1) is 21.4. The largest absolute Gasteiger partial charge is 0.357 e. The van der Waals surface area contributed by atoms with Gasteiger partial charge in [-0.3, -0.25) is 24.0 Å². The highest BCUT2D eigenvalue weighted by Gasteiger charge is 2.28. The van der Waals surface area contributed by atoms with E-state index in [0.717, 1.165) is 0 Å². The van der Waals surface area contributed by atoms with Gasteiger partial charge in [-0.1, -0.05) is 0 Å². The summed E-state index contributed by atoms with van der Waals surface area (Å²) in [6, 6.07) is 0. The zero-order chi connectivity index (χ0) is 19.4. The molecule has 11 heteroatoms. The van der Waals surface area contributed by atoms with Crippen LogP contribution in [0.1, 0.15) is 0 Å². The van der Waals surface area contributed by atoms with E-state index >= 15 is 0 Å². The van der Waals surface area contributed by atoms with Gasteiger partial charge in [-0.05, 0) is 7.05 Å². The lowest BCUT2D eigenvalue weighted by Crippen LogP contribution is -2.56. The van der Waals surface area contributed by atoms with Gasteiger partial charge >= 0.3 is 0 Å². The highest BCUT2D eigenvalue weighted by atomic mass is 16.2. The Kier molecular flexibility index (Phi) is 9.69. The van der Waals surface area contributed by atoms with E-state index in [9.17, 15) is 24.0 Å². The number of nitrogens with zero attached hydrogens (tertiary/aromatic N) is 3. The molecule has 3 N–H and O–H groups in total. The monoisotopic (exact) mass is 370 g/mol. The first-order chi connectivity index (χ1) is 12.5. The normalized spacial score (nSPS) is 14.0. The summed E-state index contributed by atoms with van der Waals surface area (Å²) in [5, 5.41) is 7.89. The molecule has 26 heavy (non-hydrogen) atoms. The highest BCUT2D eigenvalue weighted by Crippen LogP contribution is 2.04. The highest BCUT2D eigenvalue weighted by molar-refractivity contribution is 5.90. The summed E-state index contributed by atoms with van der Waals surface area (Å²) in [5.41, 5.74) is 0. The third kappa shape index (κ3) is 7.47. The second-order valence-electron chi connectivity index (χ2n) is 5.73. The molecule has 0 radical (unpaired) electrons. The zero-order valence-corrected chi connectivity index (χ0v) is 14.9. The molecule has 11 nitrogen and oxygen atoms in total. The fourth-order valence-electron chi connectivity index (χ4n) is 2.35. The van der Waals surface area contributed by atoms with Crippen LogP contribution in [0.15, 0.2) is 0 Å². The maximum atomic E-state index is 12.2. The Morgan fingerprint density at radius 2 is 1.96 bits per heavy atom. The van der Waals surface area contributed by atoms with Gasteiger partial charge in [0.25, 0.3) is 0 Å². The number of nitrogens with one attached hydrogen (secondary N) is 3. The van der Waals surface area contributed by atoms with Crippen molar-refractivity contribution in [3.63, 3.8) is 0 Å². The van der Waals surface area contributed by atoms with Crippen LogP contribution in [0.25, 0.3) is 0 Å². The lowest BCUT2D eigenvalue weighted by atomic mass is 10.3. The van der Waals surface area contributed by atoms with Gasteiger partial charge in [0.1, 0.15) is 0 Å². The third-order valence-corrected chi connectivity index (χ3v) is 3.82. The van der Waals surface area contributed by atoms with Crippen molar-refractivity contribution in [3.8, 4) is 0 Å². The van der Waals surface area contributed by atoms with E-state index in [2.05, 4.69) is 16.0 Å². The predicted molar refractivity (Wildman–Crippen MR) is 91.8 cm³/mol. The van der Waals surface area contributed by atoms with E-state index in [1.807, 2.05) is 0 Å². The van der Waals surface area contributed by atoms with Crippen molar-refractivity contribution in [2.75, 3.05) is 66.0 Å². The smallest absolute Gasteiger partial charge is 0.242 e. The Balaban J connectivity index is 2.38. The zero-order valence-electron chi connectivity index (χ0n) is 14.9. The topological polar surface area (TPSA) is 131 Å². The van der Waals surface area contributed by atoms with Crippen molar-refractivity contribution >= 4 is 30.5 Å². The molecule has 1 heterocycles. The van der Waals surface area contributed by atoms with Gasteiger partial charge in [-0.25, -0.2) is 0 Å². The predicted octanol–water partition coefficient (Wildman–Crippen LogP) is -3.80. The minimum Gasteiger partial charge on any atom is -0.357 e. The van der Waals surface area contributed by atoms with Gasteiger partial charge in [0.15, 0.2) is 0 Å². The molecule has 0 bridgehead atoms. The summed E-state index contributed by atoms with van der Waals surface area (Å²) in [5.74, 6) is -0.950. The van der Waals surface area contributed by atoms with Crippen molar-refractivity contribution in [1.82, 2.24) is 30.7 Å². The number of likely N-dealkylation sites (N-methyl/N-ethyl adjacent to an activating group) is 1. The number of amides is 5. The lowest BCUT2D eigenvalue weighted by molar-refractivity contribution is -0.147. The van der Waals surface area contributed by atoms with Crippen LogP contribution in [-0.2, 0) is 24.0 Å².